The van der Waals surface area contributed by atoms with Crippen molar-refractivity contribution in [3.63, 3.8) is 0 Å². The average Bonchev–Trinajstić information content (AvgIpc) is 2.19. The van der Waals surface area contributed by atoms with Crippen LogP contribution in [-0.4, -0.2) is 14.7 Å². The summed E-state index contributed by atoms with van der Waals surface area (Å²) in [6, 6.07) is 7.13. The molecular formula is C12H16O2S. The second kappa shape index (κ2) is 4.62. The third-order valence-corrected chi connectivity index (χ3v) is 3.52. The molecule has 0 saturated carbocycles. The Labute approximate surface area is 91.6 Å². The van der Waals surface area contributed by atoms with E-state index < -0.39 is 9.84 Å². The Morgan fingerprint density at radius 2 is 1.93 bits per heavy atom. The van der Waals surface area contributed by atoms with E-state index in [2.05, 4.69) is 0 Å². The molecule has 15 heavy (non-hydrogen) atoms. The molecule has 3 heteroatoms. The number of rotatable bonds is 3. The van der Waals surface area contributed by atoms with Crippen molar-refractivity contribution in [1.82, 2.24) is 0 Å². The van der Waals surface area contributed by atoms with Gasteiger partial charge < -0.3 is 0 Å². The van der Waals surface area contributed by atoms with E-state index in [-0.39, 0.29) is 0 Å². The Balaban J connectivity index is 3.43. The van der Waals surface area contributed by atoms with Crippen molar-refractivity contribution >= 4 is 15.4 Å². The van der Waals surface area contributed by atoms with Gasteiger partial charge in [-0.15, -0.1) is 0 Å². The second-order valence-corrected chi connectivity index (χ2v) is 5.42. The van der Waals surface area contributed by atoms with Gasteiger partial charge in [0.25, 0.3) is 0 Å². The summed E-state index contributed by atoms with van der Waals surface area (Å²) in [5, 5.41) is 0. The van der Waals surface area contributed by atoms with Crippen LogP contribution in [0.1, 0.15) is 25.8 Å². The third-order valence-electron chi connectivity index (χ3n) is 2.36. The maximum atomic E-state index is 11.6. The van der Waals surface area contributed by atoms with E-state index in [4.69, 9.17) is 0 Å². The Kier molecular flexibility index (Phi) is 3.69. The summed E-state index contributed by atoms with van der Waals surface area (Å²) in [6.45, 7) is 3.95. The maximum absolute atomic E-state index is 11.6. The number of hydrogen-bond acceptors (Lipinski definition) is 2. The zero-order chi connectivity index (χ0) is 11.5. The molecule has 1 aromatic rings. The number of hydrogen-bond donors (Lipinski definition) is 0. The van der Waals surface area contributed by atoms with Crippen molar-refractivity contribution in [3.8, 4) is 0 Å². The Hall–Kier alpha value is -1.09. The van der Waals surface area contributed by atoms with Crippen LogP contribution >= 0.6 is 0 Å². The van der Waals surface area contributed by atoms with Gasteiger partial charge in [-0.05, 0) is 30.5 Å². The lowest BCUT2D eigenvalue weighted by Gasteiger charge is -2.09. The number of allylic oxidation sites excluding steroid dienone is 2. The van der Waals surface area contributed by atoms with Crippen LogP contribution in [0.5, 0.6) is 0 Å². The molecule has 0 N–H and O–H groups in total. The molecule has 82 valence electrons. The van der Waals surface area contributed by atoms with Crippen molar-refractivity contribution in [2.75, 3.05) is 6.26 Å². The molecule has 0 heterocycles. The molecule has 1 aromatic carbocycles. The zero-order valence-electron chi connectivity index (χ0n) is 9.32. The molecule has 0 fully saturated rings. The molecule has 0 aliphatic carbocycles. The van der Waals surface area contributed by atoms with Crippen LogP contribution in [0.4, 0.5) is 0 Å². The van der Waals surface area contributed by atoms with Gasteiger partial charge in [0.1, 0.15) is 0 Å². The lowest BCUT2D eigenvalue weighted by Crippen LogP contribution is -2.01. The highest BCUT2D eigenvalue weighted by atomic mass is 32.2. The molecule has 0 amide bonds. The minimum atomic E-state index is -3.14. The van der Waals surface area contributed by atoms with Crippen LogP contribution in [0, 0.1) is 0 Å². The van der Waals surface area contributed by atoms with Crippen LogP contribution < -0.4 is 0 Å². The summed E-state index contributed by atoms with van der Waals surface area (Å²) < 4.78 is 23.1. The van der Waals surface area contributed by atoms with Crippen LogP contribution in [0.3, 0.4) is 0 Å². The molecule has 1 rings (SSSR count). The predicted octanol–water partition coefficient (Wildman–Crippen LogP) is 2.90. The summed E-state index contributed by atoms with van der Waals surface area (Å²) in [4.78, 5) is 0.417. The zero-order valence-corrected chi connectivity index (χ0v) is 10.1. The van der Waals surface area contributed by atoms with Gasteiger partial charge in [-0.3, -0.25) is 0 Å². The highest BCUT2D eigenvalue weighted by Crippen LogP contribution is 2.25. The quantitative estimate of drug-likeness (QED) is 0.791. The lowest BCUT2D eigenvalue weighted by atomic mass is 10.0. The van der Waals surface area contributed by atoms with Crippen molar-refractivity contribution in [2.45, 2.75) is 25.2 Å². The van der Waals surface area contributed by atoms with E-state index in [1.54, 1.807) is 12.1 Å². The minimum Gasteiger partial charge on any atom is -0.224 e. The number of sulfone groups is 1. The van der Waals surface area contributed by atoms with Crippen molar-refractivity contribution in [2.24, 2.45) is 0 Å². The summed E-state index contributed by atoms with van der Waals surface area (Å²) in [5.41, 5.74) is 1.89. The summed E-state index contributed by atoms with van der Waals surface area (Å²) in [6.07, 6.45) is 4.04. The molecule has 0 atom stereocenters. The molecule has 0 aromatic heterocycles. The molecular weight excluding hydrogens is 208 g/mol. The van der Waals surface area contributed by atoms with Crippen LogP contribution in [0.25, 0.3) is 5.57 Å². The van der Waals surface area contributed by atoms with Gasteiger partial charge in [-0.2, -0.15) is 0 Å². The van der Waals surface area contributed by atoms with Crippen LogP contribution in [-0.2, 0) is 9.84 Å². The maximum Gasteiger partial charge on any atom is 0.176 e. The van der Waals surface area contributed by atoms with E-state index in [1.807, 2.05) is 32.1 Å². The lowest BCUT2D eigenvalue weighted by molar-refractivity contribution is 0.601. The summed E-state index contributed by atoms with van der Waals surface area (Å²) >= 11 is 0. The van der Waals surface area contributed by atoms with Gasteiger partial charge in [0.05, 0.1) is 4.90 Å². The molecule has 0 spiro atoms. The van der Waals surface area contributed by atoms with Gasteiger partial charge in [0.2, 0.25) is 0 Å². The van der Waals surface area contributed by atoms with Gasteiger partial charge in [0, 0.05) is 6.26 Å². The predicted molar refractivity (Wildman–Crippen MR) is 63.5 cm³/mol. The topological polar surface area (TPSA) is 34.1 Å². The molecule has 0 radical (unpaired) electrons. The summed E-state index contributed by atoms with van der Waals surface area (Å²) in [5.74, 6) is 0. The van der Waals surface area contributed by atoms with Crippen LogP contribution in [0.2, 0.25) is 0 Å². The van der Waals surface area contributed by atoms with Crippen molar-refractivity contribution in [1.29, 1.82) is 0 Å². The van der Waals surface area contributed by atoms with E-state index in [1.165, 1.54) is 6.26 Å². The molecule has 2 nitrogen and oxygen atoms in total. The Morgan fingerprint density at radius 3 is 2.40 bits per heavy atom. The fourth-order valence-electron chi connectivity index (χ4n) is 1.61. The van der Waals surface area contributed by atoms with Gasteiger partial charge >= 0.3 is 0 Å². The fourth-order valence-corrected chi connectivity index (χ4v) is 2.53. The van der Waals surface area contributed by atoms with Crippen LogP contribution in [0.15, 0.2) is 35.2 Å². The fraction of sp³-hybridized carbons (Fsp3) is 0.333. The van der Waals surface area contributed by atoms with E-state index in [9.17, 15) is 8.42 Å². The van der Waals surface area contributed by atoms with Gasteiger partial charge in [0.15, 0.2) is 9.84 Å². The molecule has 0 aliphatic heterocycles. The van der Waals surface area contributed by atoms with E-state index in [0.717, 1.165) is 17.6 Å². The molecule has 0 unspecified atom stereocenters. The first kappa shape index (κ1) is 12.0. The van der Waals surface area contributed by atoms with Crippen molar-refractivity contribution in [3.05, 3.63) is 35.9 Å². The third kappa shape index (κ3) is 2.69. The monoisotopic (exact) mass is 224 g/mol. The smallest absolute Gasteiger partial charge is 0.176 e. The first-order valence-electron chi connectivity index (χ1n) is 4.95. The first-order chi connectivity index (χ1) is 7.00. The highest BCUT2D eigenvalue weighted by Gasteiger charge is 2.13. The largest absolute Gasteiger partial charge is 0.224 e. The molecule has 0 bridgehead atoms. The Morgan fingerprint density at radius 1 is 1.33 bits per heavy atom. The standard InChI is InChI=1S/C12H16O2S/c1-4-10(5-2)11-8-6-7-9-12(11)15(3,13)14/h4,6-9H,5H2,1-3H3. The first-order valence-corrected chi connectivity index (χ1v) is 6.84. The molecule has 0 aliphatic rings. The normalized spacial score (nSPS) is 12.9. The van der Waals surface area contributed by atoms with Gasteiger partial charge in [-0.25, -0.2) is 8.42 Å². The highest BCUT2D eigenvalue weighted by molar-refractivity contribution is 7.90. The number of benzene rings is 1. The van der Waals surface area contributed by atoms with E-state index in [0.29, 0.717) is 4.90 Å². The van der Waals surface area contributed by atoms with Gasteiger partial charge in [-0.1, -0.05) is 31.2 Å². The Bertz CT molecular complexity index is 470. The summed E-state index contributed by atoms with van der Waals surface area (Å²) in [7, 11) is -3.14. The van der Waals surface area contributed by atoms with E-state index >= 15 is 0 Å². The van der Waals surface area contributed by atoms with Crippen molar-refractivity contribution < 1.29 is 8.42 Å². The SMILES string of the molecule is CC=C(CC)c1ccccc1S(C)(=O)=O. The average molecular weight is 224 g/mol. The second-order valence-electron chi connectivity index (χ2n) is 3.44. The minimum absolute atomic E-state index is 0.417. The molecule has 0 saturated heterocycles.